The third kappa shape index (κ3) is 2.62. The molecule has 0 bridgehead atoms. The second-order valence-electron chi connectivity index (χ2n) is 3.37. The minimum Gasteiger partial charge on any atom is -0.457 e. The molecule has 0 saturated heterocycles. The van der Waals surface area contributed by atoms with E-state index < -0.39 is 0 Å². The molecule has 0 heterocycles. The Morgan fingerprint density at radius 2 is 1.69 bits per heavy atom. The summed E-state index contributed by atoms with van der Waals surface area (Å²) in [4.78, 5) is 0. The molecule has 2 nitrogen and oxygen atoms in total. The normalized spacial score (nSPS) is 10.1. The molecule has 2 aromatic rings. The van der Waals surface area contributed by atoms with Gasteiger partial charge in [-0.05, 0) is 30.3 Å². The largest absolute Gasteiger partial charge is 0.457 e. The first-order valence-electron chi connectivity index (χ1n) is 5.01. The van der Waals surface area contributed by atoms with Crippen LogP contribution in [0.5, 0.6) is 11.5 Å². The third-order valence-corrected chi connectivity index (χ3v) is 2.76. The Morgan fingerprint density at radius 3 is 2.38 bits per heavy atom. The molecule has 0 fully saturated rings. The highest BCUT2D eigenvalue weighted by molar-refractivity contribution is 9.10. The summed E-state index contributed by atoms with van der Waals surface area (Å²) in [7, 11) is 0. The van der Waals surface area contributed by atoms with E-state index in [1.165, 1.54) is 0 Å². The quantitative estimate of drug-likeness (QED) is 0.929. The molecule has 0 aromatic heterocycles. The third-order valence-electron chi connectivity index (χ3n) is 2.23. The van der Waals surface area contributed by atoms with Crippen LogP contribution in [-0.2, 0) is 6.54 Å². The van der Waals surface area contributed by atoms with Crippen LogP contribution in [-0.4, -0.2) is 0 Å². The van der Waals surface area contributed by atoms with E-state index in [0.29, 0.717) is 6.54 Å². The number of ether oxygens (including phenoxy) is 1. The Kier molecular flexibility index (Phi) is 3.59. The Labute approximate surface area is 103 Å². The van der Waals surface area contributed by atoms with Gasteiger partial charge in [-0.25, -0.2) is 0 Å². The van der Waals surface area contributed by atoms with Crippen molar-refractivity contribution in [3.63, 3.8) is 0 Å². The monoisotopic (exact) mass is 277 g/mol. The van der Waals surface area contributed by atoms with E-state index in [9.17, 15) is 0 Å². The molecule has 0 aliphatic heterocycles. The lowest BCUT2D eigenvalue weighted by molar-refractivity contribution is 0.476. The summed E-state index contributed by atoms with van der Waals surface area (Å²) in [5.74, 6) is 1.62. The van der Waals surface area contributed by atoms with Crippen molar-refractivity contribution in [1.29, 1.82) is 0 Å². The molecule has 2 aromatic carbocycles. The molecule has 0 atom stereocenters. The van der Waals surface area contributed by atoms with Crippen LogP contribution in [0.1, 0.15) is 5.56 Å². The van der Waals surface area contributed by atoms with Gasteiger partial charge >= 0.3 is 0 Å². The standard InChI is InChI=1S/C13H12BrNO/c14-11-5-7-12(8-6-11)16-13-4-2-1-3-10(13)9-15/h1-8H,9,15H2. The average molecular weight is 278 g/mol. The fourth-order valence-electron chi connectivity index (χ4n) is 1.40. The zero-order valence-electron chi connectivity index (χ0n) is 8.69. The average Bonchev–Trinajstić information content (AvgIpc) is 2.33. The van der Waals surface area contributed by atoms with Crippen LogP contribution >= 0.6 is 15.9 Å². The maximum atomic E-state index is 5.75. The van der Waals surface area contributed by atoms with Crippen LogP contribution in [0.3, 0.4) is 0 Å². The van der Waals surface area contributed by atoms with E-state index in [1.54, 1.807) is 0 Å². The lowest BCUT2D eigenvalue weighted by atomic mass is 10.2. The predicted octanol–water partition coefficient (Wildman–Crippen LogP) is 3.70. The lowest BCUT2D eigenvalue weighted by Gasteiger charge is -2.09. The Balaban J connectivity index is 2.23. The van der Waals surface area contributed by atoms with Gasteiger partial charge in [0.25, 0.3) is 0 Å². The van der Waals surface area contributed by atoms with Crippen molar-refractivity contribution >= 4 is 15.9 Å². The number of nitrogens with two attached hydrogens (primary N) is 1. The number of benzene rings is 2. The molecule has 2 N–H and O–H groups in total. The van der Waals surface area contributed by atoms with Crippen molar-refractivity contribution in [1.82, 2.24) is 0 Å². The van der Waals surface area contributed by atoms with E-state index in [2.05, 4.69) is 15.9 Å². The zero-order valence-corrected chi connectivity index (χ0v) is 10.3. The fourth-order valence-corrected chi connectivity index (χ4v) is 1.67. The molecule has 0 saturated carbocycles. The topological polar surface area (TPSA) is 35.2 Å². The summed E-state index contributed by atoms with van der Waals surface area (Å²) in [6.07, 6.45) is 0. The molecule has 0 unspecified atom stereocenters. The van der Waals surface area contributed by atoms with Gasteiger partial charge in [0.05, 0.1) is 0 Å². The molecule has 0 amide bonds. The molecule has 3 heteroatoms. The molecular formula is C13H12BrNO. The Hall–Kier alpha value is -1.32. The van der Waals surface area contributed by atoms with Crippen molar-refractivity contribution in [2.75, 3.05) is 0 Å². The number of hydrogen-bond acceptors (Lipinski definition) is 2. The van der Waals surface area contributed by atoms with Gasteiger partial charge in [-0.2, -0.15) is 0 Å². The predicted molar refractivity (Wildman–Crippen MR) is 68.5 cm³/mol. The SMILES string of the molecule is NCc1ccccc1Oc1ccc(Br)cc1. The summed E-state index contributed by atoms with van der Waals surface area (Å²) in [5.41, 5.74) is 6.65. The second-order valence-corrected chi connectivity index (χ2v) is 4.28. The summed E-state index contributed by atoms with van der Waals surface area (Å²) in [5, 5.41) is 0. The minimum absolute atomic E-state index is 0.479. The van der Waals surface area contributed by atoms with Crippen LogP contribution in [0, 0.1) is 0 Å². The van der Waals surface area contributed by atoms with E-state index in [-0.39, 0.29) is 0 Å². The van der Waals surface area contributed by atoms with Gasteiger partial charge in [-0.1, -0.05) is 34.1 Å². The first-order valence-corrected chi connectivity index (χ1v) is 5.80. The number of para-hydroxylation sites is 1. The smallest absolute Gasteiger partial charge is 0.131 e. The van der Waals surface area contributed by atoms with E-state index in [1.807, 2.05) is 48.5 Å². The summed E-state index contributed by atoms with van der Waals surface area (Å²) in [6, 6.07) is 15.5. The Bertz CT molecular complexity index is 468. The maximum absolute atomic E-state index is 5.75. The molecule has 0 spiro atoms. The van der Waals surface area contributed by atoms with Gasteiger partial charge < -0.3 is 10.5 Å². The van der Waals surface area contributed by atoms with Crippen molar-refractivity contribution in [3.8, 4) is 11.5 Å². The number of hydrogen-bond donors (Lipinski definition) is 1. The molecular weight excluding hydrogens is 266 g/mol. The number of rotatable bonds is 3. The molecule has 2 rings (SSSR count). The highest BCUT2D eigenvalue weighted by atomic mass is 79.9. The van der Waals surface area contributed by atoms with Crippen molar-refractivity contribution in [2.24, 2.45) is 5.73 Å². The molecule has 0 radical (unpaired) electrons. The van der Waals surface area contributed by atoms with Crippen LogP contribution in [0.4, 0.5) is 0 Å². The van der Waals surface area contributed by atoms with Crippen molar-refractivity contribution in [2.45, 2.75) is 6.54 Å². The summed E-state index contributed by atoms with van der Waals surface area (Å²) >= 11 is 3.38. The zero-order chi connectivity index (χ0) is 11.4. The van der Waals surface area contributed by atoms with Crippen LogP contribution in [0.15, 0.2) is 53.0 Å². The van der Waals surface area contributed by atoms with Gasteiger partial charge in [0, 0.05) is 16.6 Å². The Morgan fingerprint density at radius 1 is 1.00 bits per heavy atom. The van der Waals surface area contributed by atoms with Crippen molar-refractivity contribution < 1.29 is 4.74 Å². The maximum Gasteiger partial charge on any atom is 0.131 e. The first-order chi connectivity index (χ1) is 7.79. The van der Waals surface area contributed by atoms with Gasteiger partial charge in [-0.15, -0.1) is 0 Å². The second kappa shape index (κ2) is 5.14. The lowest BCUT2D eigenvalue weighted by Crippen LogP contribution is -1.98. The number of halogens is 1. The van der Waals surface area contributed by atoms with Gasteiger partial charge in [0.15, 0.2) is 0 Å². The molecule has 16 heavy (non-hydrogen) atoms. The van der Waals surface area contributed by atoms with E-state index in [4.69, 9.17) is 10.5 Å². The van der Waals surface area contributed by atoms with Gasteiger partial charge in [0.2, 0.25) is 0 Å². The van der Waals surface area contributed by atoms with Crippen LogP contribution in [0.25, 0.3) is 0 Å². The van der Waals surface area contributed by atoms with Crippen molar-refractivity contribution in [3.05, 3.63) is 58.6 Å². The highest BCUT2D eigenvalue weighted by Gasteiger charge is 2.02. The minimum atomic E-state index is 0.479. The van der Waals surface area contributed by atoms with Crippen LogP contribution < -0.4 is 10.5 Å². The fraction of sp³-hybridized carbons (Fsp3) is 0.0769. The van der Waals surface area contributed by atoms with Gasteiger partial charge in [0.1, 0.15) is 11.5 Å². The first kappa shape index (κ1) is 11.2. The molecule has 0 aliphatic carbocycles. The summed E-state index contributed by atoms with van der Waals surface area (Å²) in [6.45, 7) is 0.479. The van der Waals surface area contributed by atoms with E-state index >= 15 is 0 Å². The highest BCUT2D eigenvalue weighted by Crippen LogP contribution is 2.25. The molecule has 82 valence electrons. The van der Waals surface area contributed by atoms with Gasteiger partial charge in [-0.3, -0.25) is 0 Å². The summed E-state index contributed by atoms with van der Waals surface area (Å²) < 4.78 is 6.79. The van der Waals surface area contributed by atoms with E-state index in [0.717, 1.165) is 21.5 Å². The van der Waals surface area contributed by atoms with Crippen LogP contribution in [0.2, 0.25) is 0 Å². The molecule has 0 aliphatic rings.